The molecule has 1 aliphatic rings. The molecule has 142 valence electrons. The number of aliphatic hydroxyl groups is 1. The van der Waals surface area contributed by atoms with Gasteiger partial charge in [-0.2, -0.15) is 0 Å². The Morgan fingerprint density at radius 2 is 2.08 bits per heavy atom. The molecule has 3 rings (SSSR count). The molecule has 1 saturated carbocycles. The van der Waals surface area contributed by atoms with E-state index in [-0.39, 0.29) is 18.6 Å². The Labute approximate surface area is 160 Å². The van der Waals surface area contributed by atoms with Gasteiger partial charge in [0.25, 0.3) is 0 Å². The van der Waals surface area contributed by atoms with Gasteiger partial charge in [0.1, 0.15) is 0 Å². The van der Waals surface area contributed by atoms with E-state index >= 15 is 0 Å². The maximum atomic E-state index is 12.3. The van der Waals surface area contributed by atoms with E-state index in [2.05, 4.69) is 42.3 Å². The normalized spacial score (nSPS) is 16.9. The number of nitrogens with one attached hydrogen (secondary N) is 1. The smallest absolute Gasteiger partial charge is 0.220 e. The standard InChI is InChI=1S/C21H30N2O2S/c1-14(2)16-8-9-17-19(12-16)26-21(23-17)11-10-20(25)22-18(13-24)15-6-4-3-5-7-15/h8-9,12,14-15,18,24H,3-7,10-11,13H2,1-2H3,(H,22,25). The number of aromatic nitrogens is 1. The molecule has 2 N–H and O–H groups in total. The summed E-state index contributed by atoms with van der Waals surface area (Å²) in [7, 11) is 0. The highest BCUT2D eigenvalue weighted by atomic mass is 32.1. The third kappa shape index (κ3) is 4.83. The lowest BCUT2D eigenvalue weighted by atomic mass is 9.84. The van der Waals surface area contributed by atoms with Crippen LogP contribution in [-0.2, 0) is 11.2 Å². The van der Waals surface area contributed by atoms with Gasteiger partial charge >= 0.3 is 0 Å². The van der Waals surface area contributed by atoms with Gasteiger partial charge in [0.15, 0.2) is 0 Å². The zero-order valence-corrected chi connectivity index (χ0v) is 16.6. The molecule has 5 heteroatoms. The maximum Gasteiger partial charge on any atom is 0.220 e. The van der Waals surface area contributed by atoms with Crippen molar-refractivity contribution in [3.05, 3.63) is 28.8 Å². The van der Waals surface area contributed by atoms with Crippen LogP contribution in [-0.4, -0.2) is 28.6 Å². The molecular weight excluding hydrogens is 344 g/mol. The minimum absolute atomic E-state index is 0.0248. The monoisotopic (exact) mass is 374 g/mol. The average Bonchev–Trinajstić information content (AvgIpc) is 3.07. The largest absolute Gasteiger partial charge is 0.394 e. The molecule has 1 heterocycles. The lowest BCUT2D eigenvalue weighted by Crippen LogP contribution is -2.43. The lowest BCUT2D eigenvalue weighted by Gasteiger charge is -2.29. The van der Waals surface area contributed by atoms with E-state index in [1.165, 1.54) is 29.5 Å². The number of aryl methyl sites for hydroxylation is 1. The number of carbonyl (C=O) groups is 1. The van der Waals surface area contributed by atoms with Gasteiger partial charge < -0.3 is 10.4 Å². The highest BCUT2D eigenvalue weighted by molar-refractivity contribution is 7.18. The van der Waals surface area contributed by atoms with Crippen LogP contribution in [0.5, 0.6) is 0 Å². The van der Waals surface area contributed by atoms with Crippen molar-refractivity contribution < 1.29 is 9.90 Å². The Hall–Kier alpha value is -1.46. The Bertz CT molecular complexity index is 735. The minimum Gasteiger partial charge on any atom is -0.394 e. The van der Waals surface area contributed by atoms with E-state index in [1.807, 2.05) is 0 Å². The fraction of sp³-hybridized carbons (Fsp3) is 0.619. The fourth-order valence-corrected chi connectivity index (χ4v) is 4.82. The molecule has 1 atom stereocenters. The second kappa shape index (κ2) is 8.96. The molecule has 1 aromatic carbocycles. The van der Waals surface area contributed by atoms with Crippen molar-refractivity contribution in [2.45, 2.75) is 70.8 Å². The van der Waals surface area contributed by atoms with Gasteiger partial charge in [0.2, 0.25) is 5.91 Å². The van der Waals surface area contributed by atoms with Crippen molar-refractivity contribution in [3.63, 3.8) is 0 Å². The van der Waals surface area contributed by atoms with Gasteiger partial charge in [0, 0.05) is 12.8 Å². The quantitative estimate of drug-likeness (QED) is 0.754. The number of rotatable bonds is 7. The molecule has 4 nitrogen and oxygen atoms in total. The molecule has 0 radical (unpaired) electrons. The summed E-state index contributed by atoms with van der Waals surface area (Å²) < 4.78 is 1.20. The zero-order valence-electron chi connectivity index (χ0n) is 15.8. The molecule has 0 saturated heterocycles. The summed E-state index contributed by atoms with van der Waals surface area (Å²) in [5.41, 5.74) is 2.34. The molecule has 0 aliphatic heterocycles. The molecule has 26 heavy (non-hydrogen) atoms. The highest BCUT2D eigenvalue weighted by Crippen LogP contribution is 2.28. The average molecular weight is 375 g/mol. The number of aliphatic hydroxyl groups excluding tert-OH is 1. The number of amides is 1. The number of fused-ring (bicyclic) bond motifs is 1. The molecule has 1 aromatic heterocycles. The summed E-state index contributed by atoms with van der Waals surface area (Å²) in [6, 6.07) is 6.34. The minimum atomic E-state index is -0.0910. The van der Waals surface area contributed by atoms with E-state index in [0.29, 0.717) is 24.7 Å². The second-order valence-electron chi connectivity index (χ2n) is 7.74. The third-order valence-electron chi connectivity index (χ3n) is 5.45. The van der Waals surface area contributed by atoms with Gasteiger partial charge in [-0.3, -0.25) is 4.79 Å². The first kappa shape index (κ1) is 19.3. The number of hydrogen-bond donors (Lipinski definition) is 2. The van der Waals surface area contributed by atoms with Gasteiger partial charge in [-0.25, -0.2) is 4.98 Å². The molecular formula is C21H30N2O2S. The number of hydrogen-bond acceptors (Lipinski definition) is 4. The molecule has 1 aliphatic carbocycles. The Morgan fingerprint density at radius 3 is 2.77 bits per heavy atom. The first-order valence-electron chi connectivity index (χ1n) is 9.86. The van der Waals surface area contributed by atoms with Gasteiger partial charge in [-0.1, -0.05) is 39.2 Å². The summed E-state index contributed by atoms with van der Waals surface area (Å²) in [6.45, 7) is 4.42. The Balaban J connectivity index is 1.55. The van der Waals surface area contributed by atoms with E-state index < -0.39 is 0 Å². The van der Waals surface area contributed by atoms with Crippen molar-refractivity contribution in [2.75, 3.05) is 6.61 Å². The van der Waals surface area contributed by atoms with E-state index in [1.54, 1.807) is 11.3 Å². The first-order valence-corrected chi connectivity index (χ1v) is 10.7. The summed E-state index contributed by atoms with van der Waals surface area (Å²) >= 11 is 1.68. The predicted molar refractivity (Wildman–Crippen MR) is 108 cm³/mol. The number of thiazole rings is 1. The lowest BCUT2D eigenvalue weighted by molar-refractivity contribution is -0.122. The Morgan fingerprint density at radius 1 is 1.31 bits per heavy atom. The predicted octanol–water partition coefficient (Wildman–Crippen LogP) is 4.41. The summed E-state index contributed by atoms with van der Waals surface area (Å²) in [6.07, 6.45) is 7.01. The SMILES string of the molecule is CC(C)c1ccc2nc(CCC(=O)NC(CO)C3CCCCC3)sc2c1. The van der Waals surface area contributed by atoms with Crippen molar-refractivity contribution in [1.82, 2.24) is 10.3 Å². The first-order chi connectivity index (χ1) is 12.6. The van der Waals surface area contributed by atoms with Crippen LogP contribution in [0.2, 0.25) is 0 Å². The van der Waals surface area contributed by atoms with Gasteiger partial charge in [-0.15, -0.1) is 11.3 Å². The van der Waals surface area contributed by atoms with E-state index in [9.17, 15) is 9.90 Å². The van der Waals surface area contributed by atoms with Crippen molar-refractivity contribution in [1.29, 1.82) is 0 Å². The van der Waals surface area contributed by atoms with Crippen LogP contribution < -0.4 is 5.32 Å². The topological polar surface area (TPSA) is 62.2 Å². The van der Waals surface area contributed by atoms with E-state index in [4.69, 9.17) is 0 Å². The van der Waals surface area contributed by atoms with Crippen LogP contribution in [0.1, 0.15) is 68.9 Å². The molecule has 1 amide bonds. The second-order valence-corrected chi connectivity index (χ2v) is 8.86. The van der Waals surface area contributed by atoms with Crippen molar-refractivity contribution in [3.8, 4) is 0 Å². The van der Waals surface area contributed by atoms with Crippen LogP contribution in [0.25, 0.3) is 10.2 Å². The summed E-state index contributed by atoms with van der Waals surface area (Å²) in [4.78, 5) is 17.0. The van der Waals surface area contributed by atoms with Crippen LogP contribution in [0.3, 0.4) is 0 Å². The summed E-state index contributed by atoms with van der Waals surface area (Å²) in [5.74, 6) is 0.956. The summed E-state index contributed by atoms with van der Waals surface area (Å²) in [5, 5.41) is 13.7. The molecule has 0 bridgehead atoms. The molecule has 0 spiro atoms. The maximum absolute atomic E-state index is 12.3. The third-order valence-corrected chi connectivity index (χ3v) is 6.53. The Kier molecular flexibility index (Phi) is 6.65. The number of carbonyl (C=O) groups excluding carboxylic acids is 1. The number of nitrogens with zero attached hydrogens (tertiary/aromatic N) is 1. The van der Waals surface area contributed by atoms with Crippen molar-refractivity contribution >= 4 is 27.5 Å². The molecule has 1 unspecified atom stereocenters. The van der Waals surface area contributed by atoms with Crippen molar-refractivity contribution in [2.24, 2.45) is 5.92 Å². The van der Waals surface area contributed by atoms with E-state index in [0.717, 1.165) is 23.4 Å². The van der Waals surface area contributed by atoms with Crippen LogP contribution in [0, 0.1) is 5.92 Å². The van der Waals surface area contributed by atoms with Crippen LogP contribution in [0.15, 0.2) is 18.2 Å². The van der Waals surface area contributed by atoms with Crippen LogP contribution in [0.4, 0.5) is 0 Å². The zero-order chi connectivity index (χ0) is 18.5. The highest BCUT2D eigenvalue weighted by Gasteiger charge is 2.24. The molecule has 2 aromatic rings. The molecule has 1 fully saturated rings. The van der Waals surface area contributed by atoms with Crippen LogP contribution >= 0.6 is 11.3 Å². The van der Waals surface area contributed by atoms with Gasteiger partial charge in [0.05, 0.1) is 27.9 Å². The fourth-order valence-electron chi connectivity index (χ4n) is 3.80. The van der Waals surface area contributed by atoms with Gasteiger partial charge in [-0.05, 0) is 42.4 Å². The number of benzene rings is 1.